The number of ketones is 1. The second-order valence-electron chi connectivity index (χ2n) is 8.80. The normalized spacial score (nSPS) is 20.1. The summed E-state index contributed by atoms with van der Waals surface area (Å²) in [5.41, 5.74) is 5.88. The predicted molar refractivity (Wildman–Crippen MR) is 128 cm³/mol. The van der Waals surface area contributed by atoms with E-state index in [0.717, 1.165) is 29.3 Å². The number of ether oxygens (including phenoxy) is 1. The molecule has 32 heavy (non-hydrogen) atoms. The van der Waals surface area contributed by atoms with Crippen molar-refractivity contribution < 1.29 is 9.53 Å². The minimum absolute atomic E-state index is 0.0435. The number of carbonyl (C=O) groups excluding carboxylic acids is 1. The molecule has 6 rings (SSSR count). The van der Waals surface area contributed by atoms with Crippen molar-refractivity contribution in [1.29, 1.82) is 0 Å². The van der Waals surface area contributed by atoms with Crippen LogP contribution in [0.5, 0.6) is 0 Å². The van der Waals surface area contributed by atoms with Gasteiger partial charge < -0.3 is 4.74 Å². The van der Waals surface area contributed by atoms with Gasteiger partial charge in [0.1, 0.15) is 6.23 Å². The van der Waals surface area contributed by atoms with Crippen LogP contribution >= 0.6 is 0 Å². The molecule has 2 unspecified atom stereocenters. The van der Waals surface area contributed by atoms with Crippen molar-refractivity contribution in [1.82, 2.24) is 4.90 Å². The number of fused-ring (bicyclic) bond motifs is 4. The average Bonchev–Trinajstić information content (AvgIpc) is 3.27. The fraction of sp³-hybridized carbons (Fsp3) is 0.207. The molecule has 2 aliphatic heterocycles. The topological polar surface area (TPSA) is 29.5 Å². The summed E-state index contributed by atoms with van der Waals surface area (Å²) in [6, 6.07) is 31.5. The van der Waals surface area contributed by atoms with Crippen LogP contribution in [0, 0.1) is 0 Å². The molecule has 0 saturated carbocycles. The largest absolute Gasteiger partial charge is 0.357 e. The van der Waals surface area contributed by atoms with Crippen LogP contribution in [0.2, 0.25) is 0 Å². The van der Waals surface area contributed by atoms with Crippen LogP contribution in [-0.4, -0.2) is 29.9 Å². The van der Waals surface area contributed by atoms with Gasteiger partial charge in [-0.3, -0.25) is 9.69 Å². The lowest BCUT2D eigenvalue weighted by molar-refractivity contribution is 0.0216. The van der Waals surface area contributed by atoms with E-state index in [1.54, 1.807) is 0 Å². The van der Waals surface area contributed by atoms with E-state index in [2.05, 4.69) is 59.5 Å². The van der Waals surface area contributed by atoms with Crippen LogP contribution in [0.1, 0.15) is 34.1 Å². The van der Waals surface area contributed by atoms with Crippen molar-refractivity contribution in [3.8, 4) is 11.1 Å². The Kier molecular flexibility index (Phi) is 4.86. The van der Waals surface area contributed by atoms with Gasteiger partial charge in [-0.25, -0.2) is 0 Å². The predicted octanol–water partition coefficient (Wildman–Crippen LogP) is 6.04. The molecular formula is C29H25NO2. The standard InChI is InChI=1S/C29H25NO2/c31-28(25-11-10-21-8-4-5-9-22(21)17-25)18-26-19-32-29-27-13-12-23(20-6-2-1-3-7-20)16-24(27)14-15-30(26)29/h1-13,16-17,26,29H,14-15,18-19H2. The van der Waals surface area contributed by atoms with Gasteiger partial charge in [0.05, 0.1) is 6.61 Å². The van der Waals surface area contributed by atoms with Gasteiger partial charge in [0.2, 0.25) is 0 Å². The Morgan fingerprint density at radius 3 is 2.53 bits per heavy atom. The molecule has 0 amide bonds. The van der Waals surface area contributed by atoms with E-state index in [-0.39, 0.29) is 18.1 Å². The van der Waals surface area contributed by atoms with Gasteiger partial charge in [-0.05, 0) is 45.5 Å². The van der Waals surface area contributed by atoms with Gasteiger partial charge in [0.15, 0.2) is 5.78 Å². The van der Waals surface area contributed by atoms with E-state index in [1.165, 1.54) is 22.3 Å². The van der Waals surface area contributed by atoms with Crippen molar-refractivity contribution in [2.45, 2.75) is 25.1 Å². The summed E-state index contributed by atoms with van der Waals surface area (Å²) < 4.78 is 6.22. The zero-order chi connectivity index (χ0) is 21.5. The van der Waals surface area contributed by atoms with Crippen LogP contribution < -0.4 is 0 Å². The van der Waals surface area contributed by atoms with Gasteiger partial charge in [-0.2, -0.15) is 0 Å². The Labute approximate surface area is 188 Å². The van der Waals surface area contributed by atoms with E-state index < -0.39 is 0 Å². The number of carbonyl (C=O) groups is 1. The van der Waals surface area contributed by atoms with Crippen LogP contribution in [-0.2, 0) is 11.2 Å². The Hall–Kier alpha value is -3.27. The molecule has 0 radical (unpaired) electrons. The maximum absolute atomic E-state index is 13.1. The smallest absolute Gasteiger partial charge is 0.164 e. The van der Waals surface area contributed by atoms with Gasteiger partial charge in [0, 0.05) is 24.6 Å². The number of hydrogen-bond acceptors (Lipinski definition) is 3. The Balaban J connectivity index is 1.20. The average molecular weight is 420 g/mol. The maximum atomic E-state index is 13.1. The second-order valence-corrected chi connectivity index (χ2v) is 8.80. The van der Waals surface area contributed by atoms with Crippen molar-refractivity contribution >= 4 is 16.6 Å². The number of nitrogens with zero attached hydrogens (tertiary/aromatic N) is 1. The third-order valence-corrected chi connectivity index (χ3v) is 6.86. The lowest BCUT2D eigenvalue weighted by Gasteiger charge is -2.33. The second kappa shape index (κ2) is 8.01. The first-order valence-corrected chi connectivity index (χ1v) is 11.3. The number of hydrogen-bond donors (Lipinski definition) is 0. The van der Waals surface area contributed by atoms with E-state index in [0.29, 0.717) is 13.0 Å². The van der Waals surface area contributed by atoms with Crippen molar-refractivity contribution in [3.05, 3.63) is 108 Å². The Morgan fingerprint density at radius 2 is 1.66 bits per heavy atom. The zero-order valence-electron chi connectivity index (χ0n) is 17.9. The first kappa shape index (κ1) is 19.4. The van der Waals surface area contributed by atoms with Crippen molar-refractivity contribution in [2.24, 2.45) is 0 Å². The Bertz CT molecular complexity index is 1300. The van der Waals surface area contributed by atoms with Crippen LogP contribution in [0.3, 0.4) is 0 Å². The lowest BCUT2D eigenvalue weighted by atomic mass is 9.92. The first-order chi connectivity index (χ1) is 15.8. The molecule has 2 heterocycles. The highest BCUT2D eigenvalue weighted by atomic mass is 16.5. The summed E-state index contributed by atoms with van der Waals surface area (Å²) in [4.78, 5) is 15.5. The molecule has 4 aromatic carbocycles. The van der Waals surface area contributed by atoms with Crippen LogP contribution in [0.4, 0.5) is 0 Å². The molecule has 3 heteroatoms. The molecule has 2 aliphatic rings. The van der Waals surface area contributed by atoms with Gasteiger partial charge in [0.25, 0.3) is 0 Å². The van der Waals surface area contributed by atoms with E-state index >= 15 is 0 Å². The molecule has 0 N–H and O–H groups in total. The SMILES string of the molecule is O=C(CC1COC2c3ccc(-c4ccccc4)cc3CCN12)c1ccc2ccccc2c1. The highest BCUT2D eigenvalue weighted by molar-refractivity contribution is 6.00. The summed E-state index contributed by atoms with van der Waals surface area (Å²) in [7, 11) is 0. The summed E-state index contributed by atoms with van der Waals surface area (Å²) in [5, 5.41) is 2.27. The molecule has 2 atom stereocenters. The van der Waals surface area contributed by atoms with E-state index in [1.807, 2.05) is 36.4 Å². The Morgan fingerprint density at radius 1 is 0.844 bits per heavy atom. The van der Waals surface area contributed by atoms with E-state index in [9.17, 15) is 4.79 Å². The molecule has 0 aliphatic carbocycles. The number of Topliss-reactive ketones (excluding diaryl/α,β-unsaturated/α-hetero) is 1. The lowest BCUT2D eigenvalue weighted by Crippen LogP contribution is -2.39. The third kappa shape index (κ3) is 3.44. The van der Waals surface area contributed by atoms with Gasteiger partial charge in [-0.15, -0.1) is 0 Å². The molecule has 0 bridgehead atoms. The van der Waals surface area contributed by atoms with Crippen LogP contribution in [0.25, 0.3) is 21.9 Å². The van der Waals surface area contributed by atoms with Gasteiger partial charge in [-0.1, -0.05) is 84.9 Å². The zero-order valence-corrected chi connectivity index (χ0v) is 17.9. The molecular weight excluding hydrogens is 394 g/mol. The minimum Gasteiger partial charge on any atom is -0.357 e. The summed E-state index contributed by atoms with van der Waals surface area (Å²) >= 11 is 0. The van der Waals surface area contributed by atoms with Crippen molar-refractivity contribution in [3.63, 3.8) is 0 Å². The minimum atomic E-state index is -0.0435. The summed E-state index contributed by atoms with van der Waals surface area (Å²) in [5.74, 6) is 0.190. The summed E-state index contributed by atoms with van der Waals surface area (Å²) in [6.07, 6.45) is 1.43. The molecule has 3 nitrogen and oxygen atoms in total. The molecule has 4 aromatic rings. The highest BCUT2D eigenvalue weighted by Crippen LogP contribution is 2.39. The number of benzene rings is 4. The van der Waals surface area contributed by atoms with Gasteiger partial charge >= 0.3 is 0 Å². The maximum Gasteiger partial charge on any atom is 0.164 e. The molecule has 158 valence electrons. The highest BCUT2D eigenvalue weighted by Gasteiger charge is 2.39. The monoisotopic (exact) mass is 419 g/mol. The molecule has 1 saturated heterocycles. The molecule has 0 spiro atoms. The molecule has 0 aromatic heterocycles. The fourth-order valence-corrected chi connectivity index (χ4v) is 5.15. The van der Waals surface area contributed by atoms with E-state index in [4.69, 9.17) is 4.74 Å². The first-order valence-electron chi connectivity index (χ1n) is 11.3. The quantitative estimate of drug-likeness (QED) is 0.378. The number of rotatable bonds is 4. The summed E-state index contributed by atoms with van der Waals surface area (Å²) in [6.45, 7) is 1.52. The fourth-order valence-electron chi connectivity index (χ4n) is 5.15. The third-order valence-electron chi connectivity index (χ3n) is 6.86. The molecule has 1 fully saturated rings. The van der Waals surface area contributed by atoms with Crippen LogP contribution in [0.15, 0.2) is 91.0 Å². The van der Waals surface area contributed by atoms with Crippen molar-refractivity contribution in [2.75, 3.05) is 13.2 Å².